The van der Waals surface area contributed by atoms with Gasteiger partial charge in [0.1, 0.15) is 0 Å². The first kappa shape index (κ1) is 23.2. The number of benzene rings is 4. The standard InChI is InChI=1S/C26H21ClN4O2S/c27-21-16-18-24(19-17-21)34(32,33)31-25(20-10-4-1-5-11-20)30-26(28-22-12-6-2-7-13-22)29-23-14-8-3-9-15-23/h1-19H,(H2,28,29,30,31). The van der Waals surface area contributed by atoms with Crippen LogP contribution in [-0.4, -0.2) is 20.2 Å². The van der Waals surface area contributed by atoms with E-state index in [4.69, 9.17) is 11.6 Å². The Hall–Kier alpha value is -3.94. The summed E-state index contributed by atoms with van der Waals surface area (Å²) in [6.07, 6.45) is 0. The van der Waals surface area contributed by atoms with Gasteiger partial charge in [-0.1, -0.05) is 78.3 Å². The van der Waals surface area contributed by atoms with Crippen LogP contribution < -0.4 is 10.6 Å². The zero-order valence-electron chi connectivity index (χ0n) is 18.0. The number of aliphatic imine (C=N–C) groups is 1. The van der Waals surface area contributed by atoms with Crippen molar-refractivity contribution in [1.29, 1.82) is 0 Å². The molecule has 0 saturated carbocycles. The van der Waals surface area contributed by atoms with E-state index in [1.54, 1.807) is 24.3 Å². The Bertz CT molecular complexity index is 1350. The molecule has 170 valence electrons. The summed E-state index contributed by atoms with van der Waals surface area (Å²) in [7, 11) is -4.05. The van der Waals surface area contributed by atoms with Crippen molar-refractivity contribution < 1.29 is 8.42 Å². The van der Waals surface area contributed by atoms with Crippen molar-refractivity contribution in [3.8, 4) is 0 Å². The fourth-order valence-electron chi connectivity index (χ4n) is 3.01. The summed E-state index contributed by atoms with van der Waals surface area (Å²) in [5.41, 5.74) is 2.09. The molecule has 0 heterocycles. The Balaban J connectivity index is 1.81. The van der Waals surface area contributed by atoms with Crippen LogP contribution in [0, 0.1) is 0 Å². The summed E-state index contributed by atoms with van der Waals surface area (Å²) < 4.78 is 30.2. The van der Waals surface area contributed by atoms with Crippen LogP contribution in [0.5, 0.6) is 0 Å². The minimum atomic E-state index is -4.05. The van der Waals surface area contributed by atoms with Gasteiger partial charge in [0.05, 0.1) is 4.90 Å². The highest BCUT2D eigenvalue weighted by Crippen LogP contribution is 2.18. The molecule has 0 unspecified atom stereocenters. The summed E-state index contributed by atoms with van der Waals surface area (Å²) in [5.74, 6) is 0.337. The van der Waals surface area contributed by atoms with Gasteiger partial charge in [0.25, 0.3) is 10.0 Å². The van der Waals surface area contributed by atoms with Crippen molar-refractivity contribution >= 4 is 44.8 Å². The lowest BCUT2D eigenvalue weighted by Gasteiger charge is -2.13. The lowest BCUT2D eigenvalue weighted by molar-refractivity contribution is 0.598. The molecule has 0 bridgehead atoms. The van der Waals surface area contributed by atoms with Crippen molar-refractivity contribution in [2.45, 2.75) is 4.90 Å². The van der Waals surface area contributed by atoms with Crippen LogP contribution in [-0.2, 0) is 10.0 Å². The van der Waals surface area contributed by atoms with Crippen molar-refractivity contribution in [1.82, 2.24) is 0 Å². The highest BCUT2D eigenvalue weighted by Gasteiger charge is 2.16. The second-order valence-corrected chi connectivity index (χ2v) is 9.19. The number of para-hydroxylation sites is 2. The number of anilines is 2. The zero-order chi connectivity index (χ0) is 23.8. The molecule has 0 aliphatic rings. The zero-order valence-corrected chi connectivity index (χ0v) is 19.5. The number of halogens is 1. The number of rotatable bonds is 5. The van der Waals surface area contributed by atoms with Crippen LogP contribution in [0.25, 0.3) is 0 Å². The van der Waals surface area contributed by atoms with Crippen molar-refractivity contribution in [2.24, 2.45) is 9.39 Å². The number of amidine groups is 1. The number of hydrogen-bond acceptors (Lipinski definition) is 2. The van der Waals surface area contributed by atoms with Gasteiger partial charge in [-0.15, -0.1) is 4.40 Å². The summed E-state index contributed by atoms with van der Waals surface area (Å²) >= 11 is 5.92. The normalized spacial score (nSPS) is 11.5. The van der Waals surface area contributed by atoms with Gasteiger partial charge in [-0.25, -0.2) is 0 Å². The first-order valence-corrected chi connectivity index (χ1v) is 12.2. The van der Waals surface area contributed by atoms with Gasteiger partial charge in [-0.05, 0) is 48.5 Å². The van der Waals surface area contributed by atoms with E-state index in [1.807, 2.05) is 66.7 Å². The molecule has 0 saturated heterocycles. The molecular weight excluding hydrogens is 468 g/mol. The molecule has 0 radical (unpaired) electrons. The van der Waals surface area contributed by atoms with E-state index in [-0.39, 0.29) is 10.7 Å². The fraction of sp³-hybridized carbons (Fsp3) is 0. The smallest absolute Gasteiger partial charge is 0.284 e. The third kappa shape index (κ3) is 6.31. The Morgan fingerprint density at radius 3 is 1.62 bits per heavy atom. The highest BCUT2D eigenvalue weighted by molar-refractivity contribution is 7.90. The minimum absolute atomic E-state index is 0.0223. The Morgan fingerprint density at radius 1 is 0.647 bits per heavy atom. The fourth-order valence-corrected chi connectivity index (χ4v) is 4.09. The second-order valence-electron chi connectivity index (χ2n) is 7.15. The Kier molecular flexibility index (Phi) is 7.37. The number of hydrogen-bond donors (Lipinski definition) is 2. The maximum Gasteiger partial charge on any atom is 0.284 e. The van der Waals surface area contributed by atoms with Crippen molar-refractivity contribution in [3.05, 3.63) is 126 Å². The molecule has 0 aliphatic carbocycles. The van der Waals surface area contributed by atoms with Crippen LogP contribution >= 0.6 is 11.6 Å². The van der Waals surface area contributed by atoms with E-state index in [0.29, 0.717) is 16.5 Å². The lowest BCUT2D eigenvalue weighted by Crippen LogP contribution is -2.24. The van der Waals surface area contributed by atoms with Crippen LogP contribution in [0.1, 0.15) is 5.56 Å². The molecule has 4 aromatic carbocycles. The minimum Gasteiger partial charge on any atom is -0.326 e. The van der Waals surface area contributed by atoms with E-state index in [0.717, 1.165) is 11.4 Å². The second kappa shape index (κ2) is 10.8. The molecule has 0 spiro atoms. The van der Waals surface area contributed by atoms with Gasteiger partial charge >= 0.3 is 0 Å². The quantitative estimate of drug-likeness (QED) is 0.264. The van der Waals surface area contributed by atoms with Gasteiger partial charge in [0, 0.05) is 22.0 Å². The molecule has 4 aromatic rings. The molecule has 6 nitrogen and oxygen atoms in total. The summed E-state index contributed by atoms with van der Waals surface area (Å²) in [6, 6.07) is 33.7. The molecule has 0 aliphatic heterocycles. The first-order valence-electron chi connectivity index (χ1n) is 10.4. The van der Waals surface area contributed by atoms with E-state index in [9.17, 15) is 8.42 Å². The summed E-state index contributed by atoms with van der Waals surface area (Å²) in [5, 5.41) is 6.85. The molecule has 2 N–H and O–H groups in total. The Morgan fingerprint density at radius 2 is 1.12 bits per heavy atom. The van der Waals surface area contributed by atoms with Crippen molar-refractivity contribution in [3.63, 3.8) is 0 Å². The predicted octanol–water partition coefficient (Wildman–Crippen LogP) is 6.06. The number of guanidine groups is 1. The maximum atomic E-state index is 13.1. The van der Waals surface area contributed by atoms with Gasteiger partial charge in [-0.3, -0.25) is 0 Å². The Labute approximate surface area is 203 Å². The molecule has 8 heteroatoms. The van der Waals surface area contributed by atoms with Crippen LogP contribution in [0.15, 0.2) is 130 Å². The van der Waals surface area contributed by atoms with E-state index >= 15 is 0 Å². The van der Waals surface area contributed by atoms with Gasteiger partial charge in [0.2, 0.25) is 5.96 Å². The van der Waals surface area contributed by atoms with Crippen LogP contribution in [0.3, 0.4) is 0 Å². The van der Waals surface area contributed by atoms with E-state index < -0.39 is 10.0 Å². The third-order valence-corrected chi connectivity index (χ3v) is 6.17. The molecule has 34 heavy (non-hydrogen) atoms. The topological polar surface area (TPSA) is 82.9 Å². The van der Waals surface area contributed by atoms with Crippen LogP contribution in [0.2, 0.25) is 5.02 Å². The third-order valence-electron chi connectivity index (χ3n) is 4.64. The monoisotopic (exact) mass is 488 g/mol. The number of nitrogens with zero attached hydrogens (tertiary/aromatic N) is 2. The van der Waals surface area contributed by atoms with E-state index in [2.05, 4.69) is 20.0 Å². The van der Waals surface area contributed by atoms with Crippen LogP contribution in [0.4, 0.5) is 11.4 Å². The van der Waals surface area contributed by atoms with Gasteiger partial charge in [-0.2, -0.15) is 13.4 Å². The van der Waals surface area contributed by atoms with Crippen molar-refractivity contribution in [2.75, 3.05) is 10.6 Å². The molecule has 0 amide bonds. The number of nitrogens with one attached hydrogen (secondary N) is 2. The first-order chi connectivity index (χ1) is 16.5. The number of sulfonamides is 1. The van der Waals surface area contributed by atoms with E-state index in [1.165, 1.54) is 24.3 Å². The highest BCUT2D eigenvalue weighted by atomic mass is 35.5. The summed E-state index contributed by atoms with van der Waals surface area (Å²) in [6.45, 7) is 0. The molecule has 4 rings (SSSR count). The molecule has 0 fully saturated rings. The van der Waals surface area contributed by atoms with Gasteiger partial charge in [0.15, 0.2) is 5.84 Å². The maximum absolute atomic E-state index is 13.1. The lowest BCUT2D eigenvalue weighted by atomic mass is 10.2. The molecule has 0 atom stereocenters. The average molecular weight is 489 g/mol. The van der Waals surface area contributed by atoms with Gasteiger partial charge < -0.3 is 10.6 Å². The average Bonchev–Trinajstić information content (AvgIpc) is 2.85. The predicted molar refractivity (Wildman–Crippen MR) is 139 cm³/mol. The molecule has 0 aromatic heterocycles. The molecular formula is C26H21ClN4O2S. The summed E-state index contributed by atoms with van der Waals surface area (Å²) in [4.78, 5) is 4.63. The largest absolute Gasteiger partial charge is 0.326 e. The SMILES string of the molecule is O=S(=O)(/N=C(\N=C(Nc1ccccc1)Nc1ccccc1)c1ccccc1)c1ccc(Cl)cc1.